The fourth-order valence-electron chi connectivity index (χ4n) is 1.27. The summed E-state index contributed by atoms with van der Waals surface area (Å²) in [4.78, 5) is 17.8. The van der Waals surface area contributed by atoms with Gasteiger partial charge in [-0.05, 0) is 25.1 Å². The minimum absolute atomic E-state index is 0.274. The van der Waals surface area contributed by atoms with E-state index in [4.69, 9.17) is 15.1 Å². The molecule has 0 fully saturated rings. The monoisotopic (exact) mass is 331 g/mol. The maximum absolute atomic E-state index is 10.6. The quantitative estimate of drug-likeness (QED) is 0.237. The summed E-state index contributed by atoms with van der Waals surface area (Å²) in [6.45, 7) is 1.83. The first-order chi connectivity index (χ1) is 9.90. The number of hydrogen-bond donors (Lipinski definition) is 6. The molecule has 0 unspecified atom stereocenters. The van der Waals surface area contributed by atoms with Crippen molar-refractivity contribution in [2.75, 3.05) is 6.26 Å². The number of aromatic nitrogens is 2. The Balaban J connectivity index is 0.000000411. The van der Waals surface area contributed by atoms with Gasteiger partial charge in [0.05, 0.1) is 22.9 Å². The molecule has 0 saturated carbocycles. The first-order valence-electron chi connectivity index (χ1n) is 5.61. The van der Waals surface area contributed by atoms with Crippen LogP contribution >= 0.6 is 0 Å². The van der Waals surface area contributed by atoms with E-state index >= 15 is 0 Å². The van der Waals surface area contributed by atoms with Gasteiger partial charge in [0.1, 0.15) is 5.82 Å². The van der Waals surface area contributed by atoms with Crippen molar-refractivity contribution < 1.29 is 22.9 Å². The maximum atomic E-state index is 10.6. The van der Waals surface area contributed by atoms with Crippen LogP contribution in [0.2, 0.25) is 0 Å². The van der Waals surface area contributed by atoms with Gasteiger partial charge in [0, 0.05) is 0 Å². The summed E-state index contributed by atoms with van der Waals surface area (Å²) in [5, 5.41) is 14.8. The number of guanidine groups is 1. The number of imidazole rings is 1. The number of nitrogens with zero attached hydrogens (tertiary/aromatic N) is 1. The van der Waals surface area contributed by atoms with Gasteiger partial charge in [0.25, 0.3) is 10.1 Å². The molecule has 0 aliphatic rings. The second-order valence-electron chi connectivity index (χ2n) is 4.05. The molecule has 8 N–H and O–H groups in total. The molecule has 10 nitrogen and oxygen atoms in total. The summed E-state index contributed by atoms with van der Waals surface area (Å²) in [7, 11) is -3.67. The SMILES string of the molecule is CS(=O)(=O)O.Cc1nc2ccc(C(=O)O)cc2[nH]1.N=C(N)N. The minimum Gasteiger partial charge on any atom is -0.478 e. The number of nitrogens with two attached hydrogens (primary N) is 2. The molecule has 122 valence electrons. The molecule has 1 heterocycles. The van der Waals surface area contributed by atoms with E-state index in [2.05, 4.69) is 21.4 Å². The number of aryl methyl sites for hydroxylation is 1. The first-order valence-corrected chi connectivity index (χ1v) is 7.46. The standard InChI is InChI=1S/C9H8N2O2.CH5N3.CH4O3S/c1-5-10-7-3-2-6(9(12)13)4-8(7)11-5;2-1(3)4;1-5(2,3)4/h2-4H,1H3,(H,10,11)(H,12,13);(H5,2,3,4);1H3,(H,2,3,4). The number of H-pyrrole nitrogens is 1. The van der Waals surface area contributed by atoms with Crippen LogP contribution in [0.5, 0.6) is 0 Å². The highest BCUT2D eigenvalue weighted by molar-refractivity contribution is 7.85. The van der Waals surface area contributed by atoms with Crippen molar-refractivity contribution in [3.63, 3.8) is 0 Å². The Bertz CT molecular complexity index is 756. The molecule has 0 aliphatic carbocycles. The average molecular weight is 331 g/mol. The number of carboxylic acid groups (broad SMARTS) is 1. The molecule has 0 radical (unpaired) electrons. The Morgan fingerprint density at radius 1 is 1.36 bits per heavy atom. The van der Waals surface area contributed by atoms with Crippen LogP contribution in [0.4, 0.5) is 0 Å². The van der Waals surface area contributed by atoms with E-state index < -0.39 is 16.1 Å². The summed E-state index contributed by atoms with van der Waals surface area (Å²) in [5.74, 6) is -0.466. The van der Waals surface area contributed by atoms with Gasteiger partial charge in [-0.15, -0.1) is 0 Å². The molecule has 0 bridgehead atoms. The van der Waals surface area contributed by atoms with E-state index in [0.29, 0.717) is 6.26 Å². The van der Waals surface area contributed by atoms with Gasteiger partial charge < -0.3 is 21.6 Å². The zero-order chi connectivity index (χ0) is 17.5. The Morgan fingerprint density at radius 3 is 2.23 bits per heavy atom. The Hall–Kier alpha value is -2.66. The number of rotatable bonds is 1. The van der Waals surface area contributed by atoms with Crippen molar-refractivity contribution in [3.8, 4) is 0 Å². The topological polar surface area (TPSA) is 196 Å². The van der Waals surface area contributed by atoms with Gasteiger partial charge in [-0.3, -0.25) is 9.96 Å². The van der Waals surface area contributed by atoms with Gasteiger partial charge in [-0.2, -0.15) is 8.42 Å². The molecule has 1 aromatic carbocycles. The lowest BCUT2D eigenvalue weighted by Crippen LogP contribution is -2.20. The van der Waals surface area contributed by atoms with E-state index in [1.807, 2.05) is 6.92 Å². The molecule has 0 spiro atoms. The highest BCUT2D eigenvalue weighted by Gasteiger charge is 2.05. The lowest BCUT2D eigenvalue weighted by Gasteiger charge is -1.92. The summed E-state index contributed by atoms with van der Waals surface area (Å²) in [5.41, 5.74) is 10.8. The molecular formula is C11H17N5O5S. The molecular weight excluding hydrogens is 314 g/mol. The second kappa shape index (κ2) is 7.95. The molecule has 0 aliphatic heterocycles. The van der Waals surface area contributed by atoms with Crippen LogP contribution in [-0.4, -0.2) is 46.2 Å². The van der Waals surface area contributed by atoms with Crippen LogP contribution in [0.25, 0.3) is 11.0 Å². The lowest BCUT2D eigenvalue weighted by molar-refractivity contribution is 0.0697. The molecule has 0 saturated heterocycles. The van der Waals surface area contributed by atoms with Crippen molar-refractivity contribution >= 4 is 33.1 Å². The molecule has 0 atom stereocenters. The third-order valence-corrected chi connectivity index (χ3v) is 1.85. The number of carbonyl (C=O) groups is 1. The van der Waals surface area contributed by atoms with Crippen LogP contribution in [0.3, 0.4) is 0 Å². The minimum atomic E-state index is -3.67. The fourth-order valence-corrected chi connectivity index (χ4v) is 1.27. The van der Waals surface area contributed by atoms with Crippen LogP contribution in [0.15, 0.2) is 18.2 Å². The van der Waals surface area contributed by atoms with Crippen molar-refractivity contribution in [3.05, 3.63) is 29.6 Å². The van der Waals surface area contributed by atoms with Crippen LogP contribution < -0.4 is 11.5 Å². The fraction of sp³-hybridized carbons (Fsp3) is 0.182. The van der Waals surface area contributed by atoms with E-state index in [1.165, 1.54) is 0 Å². The Morgan fingerprint density at radius 2 is 1.82 bits per heavy atom. The Kier molecular flexibility index (Phi) is 6.99. The predicted octanol–water partition coefficient (Wildman–Crippen LogP) is -0.0879. The summed E-state index contributed by atoms with van der Waals surface area (Å²) in [6.07, 6.45) is 0.715. The highest BCUT2D eigenvalue weighted by Crippen LogP contribution is 2.13. The second-order valence-corrected chi connectivity index (χ2v) is 5.51. The number of fused-ring (bicyclic) bond motifs is 1. The van der Waals surface area contributed by atoms with Crippen LogP contribution in [-0.2, 0) is 10.1 Å². The van der Waals surface area contributed by atoms with Gasteiger partial charge in [0.15, 0.2) is 5.96 Å². The molecule has 2 rings (SSSR count). The smallest absolute Gasteiger partial charge is 0.335 e. The van der Waals surface area contributed by atoms with E-state index in [1.54, 1.807) is 18.2 Å². The van der Waals surface area contributed by atoms with Gasteiger partial charge in [-0.25, -0.2) is 9.78 Å². The number of hydrogen-bond acceptors (Lipinski definition) is 5. The molecule has 11 heteroatoms. The largest absolute Gasteiger partial charge is 0.478 e. The van der Waals surface area contributed by atoms with E-state index in [-0.39, 0.29) is 11.5 Å². The van der Waals surface area contributed by atoms with Gasteiger partial charge in [-0.1, -0.05) is 0 Å². The van der Waals surface area contributed by atoms with Crippen molar-refractivity contribution in [1.82, 2.24) is 9.97 Å². The van der Waals surface area contributed by atoms with Gasteiger partial charge in [0.2, 0.25) is 0 Å². The highest BCUT2D eigenvalue weighted by atomic mass is 32.2. The molecule has 0 amide bonds. The molecule has 22 heavy (non-hydrogen) atoms. The zero-order valence-corrected chi connectivity index (χ0v) is 12.7. The molecule has 2 aromatic rings. The number of aromatic carboxylic acids is 1. The summed E-state index contributed by atoms with van der Waals surface area (Å²) < 4.78 is 25.9. The number of benzene rings is 1. The lowest BCUT2D eigenvalue weighted by atomic mass is 10.2. The third-order valence-electron chi connectivity index (χ3n) is 1.85. The van der Waals surface area contributed by atoms with Crippen LogP contribution in [0.1, 0.15) is 16.2 Å². The number of nitrogens with one attached hydrogen (secondary N) is 2. The first kappa shape index (κ1) is 19.3. The number of carboxylic acids is 1. The maximum Gasteiger partial charge on any atom is 0.335 e. The Labute approximate surface area is 126 Å². The van der Waals surface area contributed by atoms with Crippen molar-refractivity contribution in [2.24, 2.45) is 11.5 Å². The predicted molar refractivity (Wildman–Crippen MR) is 81.4 cm³/mol. The van der Waals surface area contributed by atoms with Crippen molar-refractivity contribution in [2.45, 2.75) is 6.92 Å². The van der Waals surface area contributed by atoms with E-state index in [9.17, 15) is 13.2 Å². The summed E-state index contributed by atoms with van der Waals surface area (Å²) in [6, 6.07) is 4.82. The number of aromatic amines is 1. The molecule has 1 aromatic heterocycles. The third kappa shape index (κ3) is 9.28. The normalized spacial score (nSPS) is 9.95. The van der Waals surface area contributed by atoms with E-state index in [0.717, 1.165) is 16.9 Å². The van der Waals surface area contributed by atoms with Crippen molar-refractivity contribution in [1.29, 1.82) is 5.41 Å². The van der Waals surface area contributed by atoms with Gasteiger partial charge >= 0.3 is 5.97 Å². The summed E-state index contributed by atoms with van der Waals surface area (Å²) >= 11 is 0. The van der Waals surface area contributed by atoms with Crippen LogP contribution in [0, 0.1) is 12.3 Å². The zero-order valence-electron chi connectivity index (χ0n) is 11.9. The average Bonchev–Trinajstić information content (AvgIpc) is 2.64.